The molecule has 0 fully saturated rings. The molecule has 2 aromatic rings. The maximum atomic E-state index is 11.6. The molecule has 14 heteroatoms. The molecule has 2 aromatic carbocycles. The zero-order valence-corrected chi connectivity index (χ0v) is 20.0. The number of esters is 2. The van der Waals surface area contributed by atoms with Crippen LogP contribution in [-0.4, -0.2) is 58.0 Å². The summed E-state index contributed by atoms with van der Waals surface area (Å²) >= 11 is 0. The SMILES string of the molecule is CC(=O)Cc1ccc(C(=O)O)cc1[N+](=O)[O-].COC(=O)/C(=C(/C)O)c1ccc(C(=O)OC)cc1[N+](=O)[O-]. The molecule has 0 saturated carbocycles. The fourth-order valence-corrected chi connectivity index (χ4v) is 2.98. The minimum absolute atomic E-state index is 0.0484. The zero-order valence-electron chi connectivity index (χ0n) is 20.0. The number of carbonyl (C=O) groups excluding carboxylic acids is 3. The number of carboxylic acids is 1. The highest BCUT2D eigenvalue weighted by atomic mass is 16.6. The van der Waals surface area contributed by atoms with Gasteiger partial charge in [0.05, 0.1) is 40.8 Å². The third-order valence-electron chi connectivity index (χ3n) is 4.60. The van der Waals surface area contributed by atoms with Gasteiger partial charge in [-0.25, -0.2) is 14.4 Å². The van der Waals surface area contributed by atoms with Gasteiger partial charge in [0.15, 0.2) is 0 Å². The van der Waals surface area contributed by atoms with Crippen molar-refractivity contribution in [3.63, 3.8) is 0 Å². The van der Waals surface area contributed by atoms with Crippen molar-refractivity contribution in [3.8, 4) is 0 Å². The van der Waals surface area contributed by atoms with Crippen molar-refractivity contribution in [2.75, 3.05) is 14.2 Å². The fourth-order valence-electron chi connectivity index (χ4n) is 2.98. The summed E-state index contributed by atoms with van der Waals surface area (Å²) < 4.78 is 8.96. The predicted octanol–water partition coefficient (Wildman–Crippen LogP) is 3.27. The summed E-state index contributed by atoms with van der Waals surface area (Å²) in [5.74, 6) is -3.57. The van der Waals surface area contributed by atoms with Crippen LogP contribution in [0.25, 0.3) is 5.57 Å². The summed E-state index contributed by atoms with van der Waals surface area (Å²) in [5.41, 5.74) is -1.35. The van der Waals surface area contributed by atoms with Gasteiger partial charge >= 0.3 is 17.9 Å². The number of Topliss-reactive ketones (excluding diaryl/α,β-unsaturated/α-hetero) is 1. The summed E-state index contributed by atoms with van der Waals surface area (Å²) in [5, 5.41) is 40.0. The lowest BCUT2D eigenvalue weighted by molar-refractivity contribution is -0.385. The minimum Gasteiger partial charge on any atom is -0.512 e. The van der Waals surface area contributed by atoms with Crippen molar-refractivity contribution >= 4 is 40.6 Å². The van der Waals surface area contributed by atoms with E-state index in [9.17, 15) is 44.5 Å². The van der Waals surface area contributed by atoms with Gasteiger partial charge in [-0.3, -0.25) is 25.0 Å². The molecule has 14 nitrogen and oxygen atoms in total. The molecule has 2 N–H and O–H groups in total. The van der Waals surface area contributed by atoms with Gasteiger partial charge in [0, 0.05) is 24.1 Å². The van der Waals surface area contributed by atoms with E-state index in [4.69, 9.17) is 5.11 Å². The van der Waals surface area contributed by atoms with Crippen molar-refractivity contribution < 1.29 is 48.7 Å². The highest BCUT2D eigenvalue weighted by Gasteiger charge is 2.26. The van der Waals surface area contributed by atoms with Crippen molar-refractivity contribution in [1.82, 2.24) is 0 Å². The Morgan fingerprint density at radius 1 is 0.838 bits per heavy atom. The van der Waals surface area contributed by atoms with E-state index < -0.39 is 39.2 Å². The van der Waals surface area contributed by atoms with Gasteiger partial charge in [-0.1, -0.05) is 6.07 Å². The number of hydrogen-bond donors (Lipinski definition) is 2. The summed E-state index contributed by atoms with van der Waals surface area (Å²) in [6.45, 7) is 2.51. The molecule has 0 atom stereocenters. The van der Waals surface area contributed by atoms with Crippen LogP contribution in [-0.2, 0) is 25.5 Å². The van der Waals surface area contributed by atoms with E-state index in [-0.39, 0.29) is 45.7 Å². The molecule has 0 radical (unpaired) electrons. The molecule has 0 aliphatic heterocycles. The second kappa shape index (κ2) is 13.1. The van der Waals surface area contributed by atoms with Crippen LogP contribution in [0.2, 0.25) is 0 Å². The molecule has 0 aliphatic carbocycles. The summed E-state index contributed by atoms with van der Waals surface area (Å²) in [6, 6.07) is 6.89. The van der Waals surface area contributed by atoms with Crippen LogP contribution in [0.4, 0.5) is 11.4 Å². The summed E-state index contributed by atoms with van der Waals surface area (Å²) in [4.78, 5) is 64.9. The normalized spacial score (nSPS) is 10.7. The van der Waals surface area contributed by atoms with E-state index in [1.165, 1.54) is 38.1 Å². The lowest BCUT2D eigenvalue weighted by Crippen LogP contribution is -2.10. The second-order valence-corrected chi connectivity index (χ2v) is 7.22. The first-order valence-corrected chi connectivity index (χ1v) is 10.1. The number of methoxy groups -OCH3 is 2. The highest BCUT2D eigenvalue weighted by molar-refractivity contribution is 6.18. The maximum Gasteiger partial charge on any atom is 0.342 e. The number of ether oxygens (including phenoxy) is 2. The number of nitro benzene ring substituents is 2. The molecule has 0 amide bonds. The monoisotopic (exact) mass is 518 g/mol. The summed E-state index contributed by atoms with van der Waals surface area (Å²) in [6.07, 6.45) is -0.0732. The van der Waals surface area contributed by atoms with Crippen molar-refractivity contribution in [2.24, 2.45) is 0 Å². The summed E-state index contributed by atoms with van der Waals surface area (Å²) in [7, 11) is 2.22. The molecule has 0 bridgehead atoms. The van der Waals surface area contributed by atoms with Gasteiger partial charge in [0.2, 0.25) is 0 Å². The molecule has 0 aromatic heterocycles. The van der Waals surface area contributed by atoms with E-state index in [1.54, 1.807) is 0 Å². The van der Waals surface area contributed by atoms with E-state index in [0.29, 0.717) is 0 Å². The number of ketones is 1. The molecular formula is C23H22N2O12. The molecule has 0 saturated heterocycles. The number of benzene rings is 2. The molecule has 0 heterocycles. The molecule has 196 valence electrons. The van der Waals surface area contributed by atoms with Gasteiger partial charge in [-0.05, 0) is 32.0 Å². The quantitative estimate of drug-likeness (QED) is 0.169. The van der Waals surface area contributed by atoms with Crippen LogP contribution in [0.5, 0.6) is 0 Å². The Balaban J connectivity index is 0.000000384. The average molecular weight is 518 g/mol. The third-order valence-corrected chi connectivity index (χ3v) is 4.60. The Hall–Kier alpha value is -5.14. The molecule has 0 aliphatic rings. The molecule has 2 rings (SSSR count). The number of hydrogen-bond acceptors (Lipinski definition) is 11. The van der Waals surface area contributed by atoms with E-state index in [1.807, 2.05) is 0 Å². The number of carboxylic acid groups (broad SMARTS) is 1. The van der Waals surface area contributed by atoms with E-state index in [2.05, 4.69) is 9.47 Å². The average Bonchev–Trinajstić information content (AvgIpc) is 2.83. The number of rotatable bonds is 8. The van der Waals surface area contributed by atoms with Crippen LogP contribution in [0.3, 0.4) is 0 Å². The lowest BCUT2D eigenvalue weighted by Gasteiger charge is -2.08. The Morgan fingerprint density at radius 3 is 1.81 bits per heavy atom. The van der Waals surface area contributed by atoms with Gasteiger partial charge in [0.1, 0.15) is 17.1 Å². The number of nitro groups is 2. The predicted molar refractivity (Wildman–Crippen MR) is 126 cm³/mol. The maximum absolute atomic E-state index is 11.6. The Morgan fingerprint density at radius 2 is 1.38 bits per heavy atom. The van der Waals surface area contributed by atoms with Gasteiger partial charge in [-0.15, -0.1) is 0 Å². The largest absolute Gasteiger partial charge is 0.512 e. The first kappa shape index (κ1) is 29.9. The van der Waals surface area contributed by atoms with E-state index >= 15 is 0 Å². The molecule has 37 heavy (non-hydrogen) atoms. The standard InChI is InChI=1S/C13H13NO7.C10H9NO5/c1-7(15)11(13(17)21-3)9-5-4-8(12(16)20-2)6-10(9)14(18)19;1-6(12)4-7-2-3-8(10(13)14)5-9(7)11(15)16/h4-6,15H,1-3H3;2-3,5H,4H2,1H3,(H,13,14)/b11-7-;. The van der Waals surface area contributed by atoms with Crippen LogP contribution in [0, 0.1) is 20.2 Å². The lowest BCUT2D eigenvalue weighted by atomic mass is 10.0. The Labute approximate surface area is 209 Å². The molecule has 0 spiro atoms. The number of allylic oxidation sites excluding steroid dienone is 1. The van der Waals surface area contributed by atoms with Gasteiger partial charge in [0.25, 0.3) is 11.4 Å². The van der Waals surface area contributed by atoms with Crippen LogP contribution in [0.15, 0.2) is 42.2 Å². The third kappa shape index (κ3) is 7.95. The smallest absolute Gasteiger partial charge is 0.342 e. The first-order valence-electron chi connectivity index (χ1n) is 10.1. The van der Waals surface area contributed by atoms with E-state index in [0.717, 1.165) is 26.4 Å². The minimum atomic E-state index is -1.24. The van der Waals surface area contributed by atoms with Gasteiger partial charge < -0.3 is 19.7 Å². The number of nitrogens with zero attached hydrogens (tertiary/aromatic N) is 2. The van der Waals surface area contributed by atoms with Crippen molar-refractivity contribution in [3.05, 3.63) is 84.6 Å². The van der Waals surface area contributed by atoms with Crippen LogP contribution < -0.4 is 0 Å². The number of aromatic carboxylic acids is 1. The van der Waals surface area contributed by atoms with Crippen LogP contribution >= 0.6 is 0 Å². The molecular weight excluding hydrogens is 496 g/mol. The number of aliphatic hydroxyl groups is 1. The first-order chi connectivity index (χ1) is 17.2. The second-order valence-electron chi connectivity index (χ2n) is 7.22. The Bertz CT molecular complexity index is 1290. The number of carbonyl (C=O) groups is 4. The fraction of sp³-hybridized carbons (Fsp3) is 0.217. The molecule has 0 unspecified atom stereocenters. The van der Waals surface area contributed by atoms with Crippen LogP contribution in [0.1, 0.15) is 45.7 Å². The number of aliphatic hydroxyl groups excluding tert-OH is 1. The van der Waals surface area contributed by atoms with Gasteiger partial charge in [-0.2, -0.15) is 0 Å². The Kier molecular flexibility index (Phi) is 10.6. The topological polar surface area (TPSA) is 213 Å². The zero-order chi connectivity index (χ0) is 28.4. The van der Waals surface area contributed by atoms with Crippen molar-refractivity contribution in [2.45, 2.75) is 20.3 Å². The van der Waals surface area contributed by atoms with Crippen molar-refractivity contribution in [1.29, 1.82) is 0 Å². The highest BCUT2D eigenvalue weighted by Crippen LogP contribution is 2.30.